The summed E-state index contributed by atoms with van der Waals surface area (Å²) in [5.41, 5.74) is 5.76. The highest BCUT2D eigenvalue weighted by molar-refractivity contribution is 7.86. The molecule has 1 amide bonds. The molecule has 3 unspecified atom stereocenters. The third-order valence-electron chi connectivity index (χ3n) is 4.25. The van der Waals surface area contributed by atoms with Crippen molar-refractivity contribution >= 4 is 16.1 Å². The van der Waals surface area contributed by atoms with Gasteiger partial charge in [0.05, 0.1) is 18.8 Å². The van der Waals surface area contributed by atoms with Crippen LogP contribution in [0.3, 0.4) is 0 Å². The number of nitrogens with zero attached hydrogens (tertiary/aromatic N) is 3. The second-order valence-corrected chi connectivity index (χ2v) is 8.30. The standard InChI is InChI=1S/C14H28N4O5S/c1-11-8-18(9-12(2)23-11)24(20,21)17-6-4-16(5-7-17)14(19)13(15)10-22-3/h11-13H,4-10,15H2,1-3H3. The fourth-order valence-electron chi connectivity index (χ4n) is 3.11. The Bertz CT molecular complexity index is 525. The van der Waals surface area contributed by atoms with E-state index >= 15 is 0 Å². The van der Waals surface area contributed by atoms with E-state index in [2.05, 4.69) is 0 Å². The molecule has 2 aliphatic heterocycles. The lowest BCUT2D eigenvalue weighted by molar-refractivity contribution is -0.135. The molecule has 24 heavy (non-hydrogen) atoms. The maximum atomic E-state index is 12.8. The largest absolute Gasteiger partial charge is 0.383 e. The minimum Gasteiger partial charge on any atom is -0.383 e. The van der Waals surface area contributed by atoms with Gasteiger partial charge < -0.3 is 20.1 Å². The first-order valence-electron chi connectivity index (χ1n) is 8.19. The van der Waals surface area contributed by atoms with Crippen molar-refractivity contribution in [3.05, 3.63) is 0 Å². The number of nitrogens with two attached hydrogens (primary N) is 1. The van der Waals surface area contributed by atoms with Gasteiger partial charge in [0.1, 0.15) is 6.04 Å². The zero-order valence-corrected chi connectivity index (χ0v) is 15.4. The maximum absolute atomic E-state index is 12.8. The third kappa shape index (κ3) is 4.44. The Balaban J connectivity index is 1.94. The zero-order valence-electron chi connectivity index (χ0n) is 14.6. The second-order valence-electron chi connectivity index (χ2n) is 6.37. The van der Waals surface area contributed by atoms with Crippen LogP contribution in [0.4, 0.5) is 0 Å². The minimum atomic E-state index is -3.54. The van der Waals surface area contributed by atoms with Crippen LogP contribution < -0.4 is 5.73 Å². The van der Waals surface area contributed by atoms with Crippen LogP contribution in [0.1, 0.15) is 13.8 Å². The molecular weight excluding hydrogens is 336 g/mol. The molecule has 0 spiro atoms. The van der Waals surface area contributed by atoms with Gasteiger partial charge in [-0.25, -0.2) is 0 Å². The number of ether oxygens (including phenoxy) is 2. The number of hydrogen-bond acceptors (Lipinski definition) is 6. The molecule has 2 aliphatic rings. The summed E-state index contributed by atoms with van der Waals surface area (Å²) in [5.74, 6) is -0.206. The normalized spacial score (nSPS) is 28.8. The molecule has 2 fully saturated rings. The van der Waals surface area contributed by atoms with Gasteiger partial charge in [0.2, 0.25) is 5.91 Å². The van der Waals surface area contributed by atoms with E-state index in [0.717, 1.165) is 0 Å². The number of carbonyl (C=O) groups excluding carboxylic acids is 1. The van der Waals surface area contributed by atoms with Gasteiger partial charge in [-0.3, -0.25) is 4.79 Å². The summed E-state index contributed by atoms with van der Waals surface area (Å²) in [6, 6.07) is -0.709. The average Bonchev–Trinajstić information content (AvgIpc) is 2.53. The first kappa shape index (κ1) is 19.5. The predicted molar refractivity (Wildman–Crippen MR) is 88.5 cm³/mol. The highest BCUT2D eigenvalue weighted by Gasteiger charge is 2.37. The molecule has 10 heteroatoms. The molecular formula is C14H28N4O5S. The first-order valence-corrected chi connectivity index (χ1v) is 9.59. The first-order chi connectivity index (χ1) is 11.3. The highest BCUT2D eigenvalue weighted by Crippen LogP contribution is 2.19. The van der Waals surface area contributed by atoms with Crippen molar-refractivity contribution in [3.63, 3.8) is 0 Å². The Morgan fingerprint density at radius 2 is 1.71 bits per heavy atom. The summed E-state index contributed by atoms with van der Waals surface area (Å²) in [6.07, 6.45) is -0.253. The van der Waals surface area contributed by atoms with Crippen molar-refractivity contribution < 1.29 is 22.7 Å². The van der Waals surface area contributed by atoms with Crippen LogP contribution in [0.25, 0.3) is 0 Å². The van der Waals surface area contributed by atoms with E-state index in [-0.39, 0.29) is 37.8 Å². The summed E-state index contributed by atoms with van der Waals surface area (Å²) < 4.78 is 39.0. The van der Waals surface area contributed by atoms with Gasteiger partial charge in [0.15, 0.2) is 0 Å². The summed E-state index contributed by atoms with van der Waals surface area (Å²) in [7, 11) is -2.05. The summed E-state index contributed by atoms with van der Waals surface area (Å²) in [6.45, 7) is 5.81. The molecule has 9 nitrogen and oxygen atoms in total. The summed E-state index contributed by atoms with van der Waals surface area (Å²) >= 11 is 0. The molecule has 2 N–H and O–H groups in total. The lowest BCUT2D eigenvalue weighted by Gasteiger charge is -2.40. The minimum absolute atomic E-state index is 0.126. The van der Waals surface area contributed by atoms with Crippen molar-refractivity contribution in [1.82, 2.24) is 13.5 Å². The number of methoxy groups -OCH3 is 1. The number of morpholine rings is 1. The van der Waals surface area contributed by atoms with Crippen molar-refractivity contribution in [2.75, 3.05) is 53.0 Å². The van der Waals surface area contributed by atoms with E-state index in [0.29, 0.717) is 26.2 Å². The predicted octanol–water partition coefficient (Wildman–Crippen LogP) is -1.54. The van der Waals surface area contributed by atoms with Crippen LogP contribution in [0.5, 0.6) is 0 Å². The molecule has 0 radical (unpaired) electrons. The van der Waals surface area contributed by atoms with E-state index in [1.807, 2.05) is 13.8 Å². The third-order valence-corrected chi connectivity index (χ3v) is 6.22. The topological polar surface area (TPSA) is 105 Å². The van der Waals surface area contributed by atoms with Crippen LogP contribution in [-0.4, -0.2) is 99.1 Å². The van der Waals surface area contributed by atoms with Gasteiger partial charge in [0.25, 0.3) is 10.2 Å². The fraction of sp³-hybridized carbons (Fsp3) is 0.929. The molecule has 0 aromatic carbocycles. The zero-order chi connectivity index (χ0) is 17.9. The van der Waals surface area contributed by atoms with Gasteiger partial charge in [-0.2, -0.15) is 17.0 Å². The number of hydrogen-bond donors (Lipinski definition) is 1. The van der Waals surface area contributed by atoms with Crippen LogP contribution in [0, 0.1) is 0 Å². The van der Waals surface area contributed by atoms with Crippen molar-refractivity contribution in [2.45, 2.75) is 32.1 Å². The quantitative estimate of drug-likeness (QED) is 0.634. The summed E-state index contributed by atoms with van der Waals surface area (Å²) in [5, 5.41) is 0. The lowest BCUT2D eigenvalue weighted by atomic mass is 10.2. The van der Waals surface area contributed by atoms with Crippen LogP contribution >= 0.6 is 0 Å². The smallest absolute Gasteiger partial charge is 0.282 e. The molecule has 2 rings (SSSR count). The Morgan fingerprint density at radius 3 is 2.21 bits per heavy atom. The molecule has 0 aromatic heterocycles. The van der Waals surface area contributed by atoms with E-state index in [9.17, 15) is 13.2 Å². The maximum Gasteiger partial charge on any atom is 0.282 e. The van der Waals surface area contributed by atoms with Crippen molar-refractivity contribution in [2.24, 2.45) is 5.73 Å². The molecule has 0 saturated carbocycles. The second kappa shape index (κ2) is 8.07. The van der Waals surface area contributed by atoms with E-state index < -0.39 is 16.3 Å². The molecule has 140 valence electrons. The number of carbonyl (C=O) groups is 1. The van der Waals surface area contributed by atoms with Gasteiger partial charge >= 0.3 is 0 Å². The average molecular weight is 364 g/mol. The van der Waals surface area contributed by atoms with Gasteiger partial charge in [0, 0.05) is 46.4 Å². The van der Waals surface area contributed by atoms with E-state index in [4.69, 9.17) is 15.2 Å². The Labute approximate surface area is 143 Å². The Morgan fingerprint density at radius 1 is 1.17 bits per heavy atom. The van der Waals surface area contributed by atoms with E-state index in [1.54, 1.807) is 4.90 Å². The fourth-order valence-corrected chi connectivity index (χ4v) is 4.85. The highest BCUT2D eigenvalue weighted by atomic mass is 32.2. The monoisotopic (exact) mass is 364 g/mol. The van der Waals surface area contributed by atoms with Crippen LogP contribution in [0.2, 0.25) is 0 Å². The van der Waals surface area contributed by atoms with Crippen LogP contribution in [-0.2, 0) is 24.5 Å². The van der Waals surface area contributed by atoms with Crippen LogP contribution in [0.15, 0.2) is 0 Å². The van der Waals surface area contributed by atoms with Gasteiger partial charge in [-0.1, -0.05) is 0 Å². The molecule has 0 aromatic rings. The lowest BCUT2D eigenvalue weighted by Crippen LogP contribution is -2.59. The van der Waals surface area contributed by atoms with Gasteiger partial charge in [-0.15, -0.1) is 0 Å². The van der Waals surface area contributed by atoms with Gasteiger partial charge in [-0.05, 0) is 13.8 Å². The number of piperazine rings is 1. The Hall–Kier alpha value is -0.780. The van der Waals surface area contributed by atoms with Crippen molar-refractivity contribution in [3.8, 4) is 0 Å². The molecule has 2 heterocycles. The molecule has 3 atom stereocenters. The molecule has 0 bridgehead atoms. The number of amides is 1. The van der Waals surface area contributed by atoms with Crippen molar-refractivity contribution in [1.29, 1.82) is 0 Å². The number of rotatable bonds is 5. The molecule has 2 saturated heterocycles. The SMILES string of the molecule is COCC(N)C(=O)N1CCN(S(=O)(=O)N2CC(C)OC(C)C2)CC1. The molecule has 0 aliphatic carbocycles. The summed E-state index contributed by atoms with van der Waals surface area (Å²) in [4.78, 5) is 13.8. The Kier molecular flexibility index (Phi) is 6.57. The van der Waals surface area contributed by atoms with E-state index in [1.165, 1.54) is 15.7 Å².